The Balaban J connectivity index is 1.77. The molecule has 0 aromatic heterocycles. The van der Waals surface area contributed by atoms with Gasteiger partial charge in [0.05, 0.1) is 16.9 Å². The van der Waals surface area contributed by atoms with E-state index in [1.165, 1.54) is 29.8 Å². The minimum Gasteiger partial charge on any atom is -0.322 e. The van der Waals surface area contributed by atoms with Gasteiger partial charge in [0.2, 0.25) is 15.9 Å². The molecular formula is C21H24N2O4S. The lowest BCUT2D eigenvalue weighted by Gasteiger charge is -2.17. The molecule has 1 N–H and O–H groups in total. The van der Waals surface area contributed by atoms with E-state index in [0.29, 0.717) is 17.2 Å². The van der Waals surface area contributed by atoms with E-state index in [-0.39, 0.29) is 17.3 Å². The highest BCUT2D eigenvalue weighted by Gasteiger charge is 2.49. The van der Waals surface area contributed by atoms with Crippen LogP contribution in [0.3, 0.4) is 0 Å². The van der Waals surface area contributed by atoms with Gasteiger partial charge in [-0.1, -0.05) is 26.0 Å². The number of benzene rings is 2. The fourth-order valence-electron chi connectivity index (χ4n) is 3.16. The van der Waals surface area contributed by atoms with Crippen molar-refractivity contribution in [2.24, 2.45) is 5.41 Å². The Morgan fingerprint density at radius 2 is 1.61 bits per heavy atom. The Morgan fingerprint density at radius 3 is 2.07 bits per heavy atom. The largest absolute Gasteiger partial charge is 0.322 e. The molecule has 28 heavy (non-hydrogen) atoms. The fraction of sp³-hybridized carbons (Fsp3) is 0.333. The molecule has 7 heteroatoms. The van der Waals surface area contributed by atoms with Gasteiger partial charge in [0.25, 0.3) is 5.91 Å². The standard InChI is InChI=1S/C21H24N2O4S/c1-14(2)15-5-9-17(10-6-15)22-19(24)16-7-11-18(12-8-16)23-20(25)21(3,4)13-28(23,26)27/h5-12,14H,13H2,1-4H3,(H,22,24). The summed E-state index contributed by atoms with van der Waals surface area (Å²) in [5.41, 5.74) is 1.52. The lowest BCUT2D eigenvalue weighted by molar-refractivity contribution is -0.123. The van der Waals surface area contributed by atoms with Gasteiger partial charge in [-0.15, -0.1) is 0 Å². The Hall–Kier alpha value is -2.67. The van der Waals surface area contributed by atoms with E-state index >= 15 is 0 Å². The van der Waals surface area contributed by atoms with Crippen LogP contribution in [-0.4, -0.2) is 26.0 Å². The minimum atomic E-state index is -3.71. The monoisotopic (exact) mass is 400 g/mol. The van der Waals surface area contributed by atoms with Gasteiger partial charge in [0, 0.05) is 11.3 Å². The summed E-state index contributed by atoms with van der Waals surface area (Å²) < 4.78 is 25.5. The van der Waals surface area contributed by atoms with E-state index in [1.54, 1.807) is 13.8 Å². The molecule has 2 amide bonds. The number of amides is 2. The molecule has 0 bridgehead atoms. The average molecular weight is 401 g/mol. The molecule has 0 saturated carbocycles. The molecule has 1 aliphatic heterocycles. The molecule has 2 aromatic rings. The topological polar surface area (TPSA) is 83.6 Å². The van der Waals surface area contributed by atoms with Gasteiger partial charge in [-0.3, -0.25) is 9.59 Å². The Bertz CT molecular complexity index is 1010. The van der Waals surface area contributed by atoms with Crippen LogP contribution in [0.5, 0.6) is 0 Å². The van der Waals surface area contributed by atoms with E-state index in [1.807, 2.05) is 24.3 Å². The van der Waals surface area contributed by atoms with E-state index in [4.69, 9.17) is 0 Å². The SMILES string of the molecule is CC(C)c1ccc(NC(=O)c2ccc(N3C(=O)C(C)(C)CS3(=O)=O)cc2)cc1. The van der Waals surface area contributed by atoms with Crippen LogP contribution in [0, 0.1) is 5.41 Å². The van der Waals surface area contributed by atoms with Gasteiger partial charge in [-0.25, -0.2) is 12.7 Å². The second-order valence-corrected chi connectivity index (χ2v) is 9.81. The van der Waals surface area contributed by atoms with E-state index in [2.05, 4.69) is 19.2 Å². The van der Waals surface area contributed by atoms with Gasteiger partial charge in [-0.05, 0) is 61.7 Å². The Morgan fingerprint density at radius 1 is 1.04 bits per heavy atom. The van der Waals surface area contributed by atoms with Crippen molar-refractivity contribution in [2.45, 2.75) is 33.6 Å². The molecule has 0 unspecified atom stereocenters. The lowest BCUT2D eigenvalue weighted by atomic mass is 9.95. The van der Waals surface area contributed by atoms with E-state index < -0.39 is 21.3 Å². The first-order valence-electron chi connectivity index (χ1n) is 9.10. The van der Waals surface area contributed by atoms with Crippen molar-refractivity contribution >= 4 is 33.2 Å². The highest BCUT2D eigenvalue weighted by molar-refractivity contribution is 7.94. The van der Waals surface area contributed by atoms with Crippen molar-refractivity contribution in [3.63, 3.8) is 0 Å². The van der Waals surface area contributed by atoms with Gasteiger partial charge < -0.3 is 5.32 Å². The van der Waals surface area contributed by atoms with E-state index in [0.717, 1.165) is 4.31 Å². The second kappa shape index (κ2) is 7.05. The molecular weight excluding hydrogens is 376 g/mol. The number of rotatable bonds is 4. The number of sulfonamides is 1. The normalized spacial score (nSPS) is 17.8. The summed E-state index contributed by atoms with van der Waals surface area (Å²) in [6.45, 7) is 7.42. The zero-order valence-corrected chi connectivity index (χ0v) is 17.2. The average Bonchev–Trinajstić information content (AvgIpc) is 2.78. The van der Waals surface area contributed by atoms with Crippen molar-refractivity contribution in [1.82, 2.24) is 0 Å². The van der Waals surface area contributed by atoms with Crippen molar-refractivity contribution < 1.29 is 18.0 Å². The highest BCUT2D eigenvalue weighted by atomic mass is 32.2. The van der Waals surface area contributed by atoms with Crippen LogP contribution in [0.4, 0.5) is 11.4 Å². The van der Waals surface area contributed by atoms with Crippen molar-refractivity contribution in [3.8, 4) is 0 Å². The molecule has 3 rings (SSSR count). The molecule has 0 aliphatic carbocycles. The summed E-state index contributed by atoms with van der Waals surface area (Å²) in [6.07, 6.45) is 0. The maximum atomic E-state index is 12.5. The highest BCUT2D eigenvalue weighted by Crippen LogP contribution is 2.35. The molecule has 148 valence electrons. The zero-order chi connectivity index (χ0) is 20.7. The van der Waals surface area contributed by atoms with Crippen molar-refractivity contribution in [3.05, 3.63) is 59.7 Å². The number of anilines is 2. The summed E-state index contributed by atoms with van der Waals surface area (Å²) >= 11 is 0. The maximum absolute atomic E-state index is 12.5. The van der Waals surface area contributed by atoms with E-state index in [9.17, 15) is 18.0 Å². The predicted octanol–water partition coefficient (Wildman–Crippen LogP) is 3.76. The summed E-state index contributed by atoms with van der Waals surface area (Å²) in [4.78, 5) is 24.9. The van der Waals surface area contributed by atoms with Gasteiger partial charge in [-0.2, -0.15) is 0 Å². The first-order valence-corrected chi connectivity index (χ1v) is 10.7. The molecule has 0 spiro atoms. The predicted molar refractivity (Wildman–Crippen MR) is 110 cm³/mol. The van der Waals surface area contributed by atoms with Crippen LogP contribution < -0.4 is 9.62 Å². The molecule has 1 saturated heterocycles. The quantitative estimate of drug-likeness (QED) is 0.847. The van der Waals surface area contributed by atoms with Crippen molar-refractivity contribution in [1.29, 1.82) is 0 Å². The third kappa shape index (κ3) is 3.80. The molecule has 6 nitrogen and oxygen atoms in total. The summed E-state index contributed by atoms with van der Waals surface area (Å²) in [7, 11) is -3.71. The van der Waals surface area contributed by atoms with Crippen LogP contribution in [-0.2, 0) is 14.8 Å². The van der Waals surface area contributed by atoms with Gasteiger partial charge in [0.1, 0.15) is 0 Å². The van der Waals surface area contributed by atoms with Gasteiger partial charge in [0.15, 0.2) is 0 Å². The molecule has 1 heterocycles. The minimum absolute atomic E-state index is 0.229. The molecule has 1 fully saturated rings. The molecule has 0 atom stereocenters. The third-order valence-electron chi connectivity index (χ3n) is 4.78. The summed E-state index contributed by atoms with van der Waals surface area (Å²) in [6, 6.07) is 13.6. The van der Waals surface area contributed by atoms with Crippen LogP contribution in [0.1, 0.15) is 49.5 Å². The smallest absolute Gasteiger partial charge is 0.255 e. The molecule has 1 aliphatic rings. The number of carbonyl (C=O) groups is 2. The number of carbonyl (C=O) groups excluding carboxylic acids is 2. The number of nitrogens with one attached hydrogen (secondary N) is 1. The van der Waals surface area contributed by atoms with Crippen LogP contribution in [0.25, 0.3) is 0 Å². The second-order valence-electron chi connectivity index (χ2n) is 7.99. The van der Waals surface area contributed by atoms with Crippen LogP contribution in [0.2, 0.25) is 0 Å². The number of hydrogen-bond acceptors (Lipinski definition) is 4. The zero-order valence-electron chi connectivity index (χ0n) is 16.4. The van der Waals surface area contributed by atoms with Crippen LogP contribution >= 0.6 is 0 Å². The fourth-order valence-corrected chi connectivity index (χ4v) is 5.27. The van der Waals surface area contributed by atoms with Crippen molar-refractivity contribution in [2.75, 3.05) is 15.4 Å². The first-order chi connectivity index (χ1) is 13.0. The number of nitrogens with zero attached hydrogens (tertiary/aromatic N) is 1. The van der Waals surface area contributed by atoms with Gasteiger partial charge >= 0.3 is 0 Å². The Kier molecular flexibility index (Phi) is 5.06. The summed E-state index contributed by atoms with van der Waals surface area (Å²) in [5.74, 6) is -0.588. The molecule has 2 aromatic carbocycles. The maximum Gasteiger partial charge on any atom is 0.255 e. The molecule has 0 radical (unpaired) electrons. The van der Waals surface area contributed by atoms with Crippen LogP contribution in [0.15, 0.2) is 48.5 Å². The lowest BCUT2D eigenvalue weighted by Crippen LogP contribution is -2.32. The number of hydrogen-bond donors (Lipinski definition) is 1. The Labute approximate surface area is 165 Å². The first kappa shape index (κ1) is 20.1. The third-order valence-corrected chi connectivity index (χ3v) is 6.80. The summed E-state index contributed by atoms with van der Waals surface area (Å²) in [5, 5.41) is 2.81.